The molecule has 3 heterocycles. The van der Waals surface area contributed by atoms with Crippen molar-refractivity contribution in [3.63, 3.8) is 0 Å². The quantitative estimate of drug-likeness (QED) is 0.535. The fourth-order valence-corrected chi connectivity index (χ4v) is 2.73. The van der Waals surface area contributed by atoms with Crippen LogP contribution in [0.25, 0.3) is 5.65 Å². The first-order valence-corrected chi connectivity index (χ1v) is 6.64. The highest BCUT2D eigenvalue weighted by Crippen LogP contribution is 2.34. The zero-order valence-electron chi connectivity index (χ0n) is 11.9. The van der Waals surface area contributed by atoms with Crippen LogP contribution in [-0.2, 0) is 18.8 Å². The molecule has 0 aromatic carbocycles. The molecule has 0 saturated carbocycles. The van der Waals surface area contributed by atoms with Crippen LogP contribution in [0, 0.1) is 0 Å². The van der Waals surface area contributed by atoms with Crippen molar-refractivity contribution < 1.29 is 20.1 Å². The van der Waals surface area contributed by atoms with Crippen LogP contribution in [0.15, 0.2) is 15.8 Å². The first-order chi connectivity index (χ1) is 10.4. The summed E-state index contributed by atoms with van der Waals surface area (Å²) in [5, 5.41) is 33.0. The predicted octanol–water partition coefficient (Wildman–Crippen LogP) is -3.11. The molecule has 0 radical (unpaired) electrons. The van der Waals surface area contributed by atoms with Crippen molar-refractivity contribution in [3.05, 3.63) is 32.7 Å². The summed E-state index contributed by atoms with van der Waals surface area (Å²) in [4.78, 5) is 24.1. The third-order valence-electron chi connectivity index (χ3n) is 3.98. The normalized spacial score (nSPS) is 28.6. The molecular weight excluding hydrogens is 296 g/mol. The summed E-state index contributed by atoms with van der Waals surface area (Å²) < 4.78 is 8.56. The molecule has 10 heteroatoms. The Morgan fingerprint density at radius 2 is 1.86 bits per heavy atom. The Morgan fingerprint density at radius 1 is 1.18 bits per heavy atom. The van der Waals surface area contributed by atoms with E-state index < -0.39 is 42.4 Å². The van der Waals surface area contributed by atoms with Gasteiger partial charge in [0.05, 0.1) is 12.8 Å². The van der Waals surface area contributed by atoms with E-state index in [1.54, 1.807) is 0 Å². The average molecular weight is 312 g/mol. The molecule has 2 aromatic heterocycles. The summed E-state index contributed by atoms with van der Waals surface area (Å²) in [5.41, 5.74) is -0.718. The van der Waals surface area contributed by atoms with Crippen LogP contribution in [-0.4, -0.2) is 59.0 Å². The second-order valence-corrected chi connectivity index (χ2v) is 5.28. The Kier molecular flexibility index (Phi) is 3.40. The van der Waals surface area contributed by atoms with Crippen LogP contribution in [0.2, 0.25) is 0 Å². The molecule has 0 unspecified atom stereocenters. The van der Waals surface area contributed by atoms with E-state index >= 15 is 0 Å². The van der Waals surface area contributed by atoms with Gasteiger partial charge in [0.2, 0.25) is 0 Å². The lowest BCUT2D eigenvalue weighted by atomic mass is 10.0. The Hall–Kier alpha value is -2.01. The maximum Gasteiger partial charge on any atom is 0.354 e. The smallest absolute Gasteiger partial charge is 0.354 e. The highest BCUT2D eigenvalue weighted by atomic mass is 16.6. The number of aliphatic hydroxyl groups excluding tert-OH is 3. The first-order valence-electron chi connectivity index (χ1n) is 6.64. The molecular formula is C12H16N4O6. The van der Waals surface area contributed by atoms with Crippen LogP contribution < -0.4 is 11.4 Å². The van der Waals surface area contributed by atoms with Gasteiger partial charge in [0.1, 0.15) is 24.4 Å². The van der Waals surface area contributed by atoms with E-state index in [1.165, 1.54) is 24.9 Å². The second kappa shape index (κ2) is 5.02. The van der Waals surface area contributed by atoms with Gasteiger partial charge in [-0.1, -0.05) is 0 Å². The number of fused-ring (bicyclic) bond motifs is 1. The van der Waals surface area contributed by atoms with Gasteiger partial charge in [0, 0.05) is 19.7 Å². The lowest BCUT2D eigenvalue weighted by molar-refractivity contribution is -0.0224. The van der Waals surface area contributed by atoms with Gasteiger partial charge in [0.15, 0.2) is 5.65 Å². The van der Waals surface area contributed by atoms with E-state index in [0.717, 1.165) is 9.08 Å². The molecule has 3 rings (SSSR count). The standard InChI is InChI=1S/C12H16N4O6/c1-14-10-5(9-8(19)7(18)6(4-17)22-9)3-13-16(10)12(21)15(2)11(14)20/h3,6-9,17-19H,4H2,1-2H3/t6-,7-,8-,9+/m1/s1. The first kappa shape index (κ1) is 14.9. The highest BCUT2D eigenvalue weighted by molar-refractivity contribution is 5.49. The number of aromatic nitrogens is 4. The Labute approximate surface area is 123 Å². The van der Waals surface area contributed by atoms with E-state index in [4.69, 9.17) is 9.84 Å². The molecule has 0 bridgehead atoms. The van der Waals surface area contributed by atoms with Gasteiger partial charge in [-0.25, -0.2) is 14.2 Å². The molecule has 1 aliphatic rings. The Balaban J connectivity index is 2.22. The van der Waals surface area contributed by atoms with Crippen LogP contribution in [0.4, 0.5) is 0 Å². The molecule has 3 N–H and O–H groups in total. The van der Waals surface area contributed by atoms with E-state index in [-0.39, 0.29) is 5.65 Å². The van der Waals surface area contributed by atoms with Gasteiger partial charge in [-0.05, 0) is 0 Å². The third-order valence-corrected chi connectivity index (χ3v) is 3.98. The van der Waals surface area contributed by atoms with Gasteiger partial charge in [-0.15, -0.1) is 0 Å². The van der Waals surface area contributed by atoms with Crippen molar-refractivity contribution in [2.45, 2.75) is 24.4 Å². The zero-order chi connectivity index (χ0) is 16.2. The van der Waals surface area contributed by atoms with Gasteiger partial charge < -0.3 is 20.1 Å². The minimum Gasteiger partial charge on any atom is -0.394 e. The molecule has 2 aromatic rings. The summed E-state index contributed by atoms with van der Waals surface area (Å²) >= 11 is 0. The summed E-state index contributed by atoms with van der Waals surface area (Å²) in [6, 6.07) is 0. The van der Waals surface area contributed by atoms with Crippen molar-refractivity contribution in [1.82, 2.24) is 18.7 Å². The molecule has 4 atom stereocenters. The molecule has 0 spiro atoms. The number of nitrogens with zero attached hydrogens (tertiary/aromatic N) is 4. The van der Waals surface area contributed by atoms with Crippen molar-refractivity contribution in [2.24, 2.45) is 14.1 Å². The van der Waals surface area contributed by atoms with Crippen molar-refractivity contribution in [1.29, 1.82) is 0 Å². The van der Waals surface area contributed by atoms with Crippen molar-refractivity contribution in [2.75, 3.05) is 6.61 Å². The molecule has 22 heavy (non-hydrogen) atoms. The third kappa shape index (κ3) is 1.85. The maximum atomic E-state index is 12.1. The number of hydrogen-bond acceptors (Lipinski definition) is 7. The van der Waals surface area contributed by atoms with Crippen molar-refractivity contribution >= 4 is 5.65 Å². The minimum atomic E-state index is -1.30. The lowest BCUT2D eigenvalue weighted by Gasteiger charge is -2.14. The number of ether oxygens (including phenoxy) is 1. The molecule has 120 valence electrons. The van der Waals surface area contributed by atoms with Crippen LogP contribution in [0.3, 0.4) is 0 Å². The zero-order valence-corrected chi connectivity index (χ0v) is 11.9. The van der Waals surface area contributed by atoms with Crippen LogP contribution in [0.5, 0.6) is 0 Å². The number of hydrogen-bond donors (Lipinski definition) is 3. The van der Waals surface area contributed by atoms with Gasteiger partial charge in [-0.3, -0.25) is 4.57 Å². The highest BCUT2D eigenvalue weighted by Gasteiger charge is 2.44. The minimum absolute atomic E-state index is 0.169. The topological polar surface area (TPSA) is 131 Å². The predicted molar refractivity (Wildman–Crippen MR) is 72.4 cm³/mol. The fourth-order valence-electron chi connectivity index (χ4n) is 2.73. The molecule has 1 aliphatic heterocycles. The van der Waals surface area contributed by atoms with Gasteiger partial charge in [-0.2, -0.15) is 9.61 Å². The number of rotatable bonds is 2. The summed E-state index contributed by atoms with van der Waals surface area (Å²) in [6.45, 7) is -0.464. The molecule has 1 fully saturated rings. The Bertz CT molecular complexity index is 836. The van der Waals surface area contributed by atoms with E-state index in [1.807, 2.05) is 0 Å². The number of aryl methyl sites for hydroxylation is 1. The summed E-state index contributed by atoms with van der Waals surface area (Å²) in [7, 11) is 2.79. The lowest BCUT2D eigenvalue weighted by Crippen LogP contribution is -2.41. The van der Waals surface area contributed by atoms with E-state index in [0.29, 0.717) is 5.56 Å². The van der Waals surface area contributed by atoms with Gasteiger partial charge >= 0.3 is 11.4 Å². The summed E-state index contributed by atoms with van der Waals surface area (Å²) in [6.07, 6.45) is -3.21. The molecule has 0 amide bonds. The monoisotopic (exact) mass is 312 g/mol. The SMILES string of the molecule is Cn1c(=O)n(C)c2c([C@@H]3O[C@H](CO)[C@@H](O)[C@H]3O)cnn2c1=O. The largest absolute Gasteiger partial charge is 0.394 e. The Morgan fingerprint density at radius 3 is 2.45 bits per heavy atom. The number of aliphatic hydroxyl groups is 3. The maximum absolute atomic E-state index is 12.1. The van der Waals surface area contributed by atoms with Crippen LogP contribution >= 0.6 is 0 Å². The van der Waals surface area contributed by atoms with Crippen LogP contribution in [0.1, 0.15) is 11.7 Å². The fraction of sp³-hybridized carbons (Fsp3) is 0.583. The molecule has 1 saturated heterocycles. The molecule has 0 aliphatic carbocycles. The second-order valence-electron chi connectivity index (χ2n) is 5.28. The van der Waals surface area contributed by atoms with Gasteiger partial charge in [0.25, 0.3) is 0 Å². The van der Waals surface area contributed by atoms with E-state index in [9.17, 15) is 19.8 Å². The average Bonchev–Trinajstić information content (AvgIpc) is 3.06. The summed E-state index contributed by atoms with van der Waals surface area (Å²) in [5.74, 6) is 0. The van der Waals surface area contributed by atoms with E-state index in [2.05, 4.69) is 5.10 Å². The molecule has 10 nitrogen and oxygen atoms in total. The van der Waals surface area contributed by atoms with Crippen molar-refractivity contribution in [3.8, 4) is 0 Å².